The van der Waals surface area contributed by atoms with Crippen molar-refractivity contribution in [1.29, 1.82) is 0 Å². The molecule has 0 N–H and O–H groups in total. The molecule has 94 valence electrons. The summed E-state index contributed by atoms with van der Waals surface area (Å²) in [5.41, 5.74) is 1.23. The average molecular weight is 318 g/mol. The van der Waals surface area contributed by atoms with Crippen LogP contribution in [0.25, 0.3) is 0 Å². The van der Waals surface area contributed by atoms with Crippen molar-refractivity contribution in [2.24, 2.45) is 0 Å². The van der Waals surface area contributed by atoms with Gasteiger partial charge in [0.2, 0.25) is 0 Å². The summed E-state index contributed by atoms with van der Waals surface area (Å²) in [5.74, 6) is 1.70. The first-order valence-corrected chi connectivity index (χ1v) is 7.50. The molecular weight excluding hydrogens is 300 g/mol. The highest BCUT2D eigenvalue weighted by Crippen LogP contribution is 2.32. The Hall–Kier alpha value is -0.280. The summed E-state index contributed by atoms with van der Waals surface area (Å²) in [4.78, 5) is 6.90. The van der Waals surface area contributed by atoms with E-state index in [2.05, 4.69) is 32.7 Å². The highest BCUT2D eigenvalue weighted by molar-refractivity contribution is 9.10. The lowest BCUT2D eigenvalue weighted by Gasteiger charge is -2.30. The monoisotopic (exact) mass is 316 g/mol. The maximum absolute atomic E-state index is 5.93. The van der Waals surface area contributed by atoms with Crippen molar-refractivity contribution in [3.05, 3.63) is 22.3 Å². The number of aromatic nitrogens is 1. The normalized spacial score (nSPS) is 16.4. The van der Waals surface area contributed by atoms with Gasteiger partial charge in [0.1, 0.15) is 5.82 Å². The quantitative estimate of drug-likeness (QED) is 0.776. The van der Waals surface area contributed by atoms with Crippen LogP contribution in [0.2, 0.25) is 0 Å². The molecule has 1 aromatic rings. The molecule has 1 aliphatic rings. The van der Waals surface area contributed by atoms with Crippen LogP contribution in [0.5, 0.6) is 0 Å². The van der Waals surface area contributed by atoms with Gasteiger partial charge in [-0.05, 0) is 47.3 Å². The SMILES string of the molecule is Cc1ccnc(N(CCCl)C2CCCC2)c1Br. The fraction of sp³-hybridized carbons (Fsp3) is 0.615. The van der Waals surface area contributed by atoms with Gasteiger partial charge in [0.05, 0.1) is 4.47 Å². The molecule has 0 unspecified atom stereocenters. The number of hydrogen-bond donors (Lipinski definition) is 0. The molecule has 4 heteroatoms. The minimum Gasteiger partial charge on any atom is -0.352 e. The highest BCUT2D eigenvalue weighted by Gasteiger charge is 2.24. The van der Waals surface area contributed by atoms with E-state index in [1.165, 1.54) is 31.2 Å². The summed E-state index contributed by atoms with van der Waals surface area (Å²) in [6, 6.07) is 2.64. The second-order valence-electron chi connectivity index (χ2n) is 4.59. The Labute approximate surface area is 116 Å². The van der Waals surface area contributed by atoms with Gasteiger partial charge in [-0.2, -0.15) is 0 Å². The molecule has 2 rings (SSSR count). The van der Waals surface area contributed by atoms with Crippen LogP contribution in [-0.4, -0.2) is 23.5 Å². The maximum Gasteiger partial charge on any atom is 0.143 e. The predicted molar refractivity (Wildman–Crippen MR) is 77.0 cm³/mol. The molecule has 1 heterocycles. The summed E-state index contributed by atoms with van der Waals surface area (Å²) in [7, 11) is 0. The van der Waals surface area contributed by atoms with E-state index in [0.717, 1.165) is 16.8 Å². The molecule has 17 heavy (non-hydrogen) atoms. The van der Waals surface area contributed by atoms with E-state index in [1.54, 1.807) is 0 Å². The molecule has 0 aliphatic heterocycles. The van der Waals surface area contributed by atoms with Crippen molar-refractivity contribution in [3.8, 4) is 0 Å². The van der Waals surface area contributed by atoms with Crippen LogP contribution in [-0.2, 0) is 0 Å². The zero-order valence-electron chi connectivity index (χ0n) is 10.1. The van der Waals surface area contributed by atoms with Gasteiger partial charge >= 0.3 is 0 Å². The number of pyridine rings is 1. The molecule has 2 nitrogen and oxygen atoms in total. The van der Waals surface area contributed by atoms with E-state index >= 15 is 0 Å². The standard InChI is InChI=1S/C13H18BrClN2/c1-10-6-8-16-13(12(10)14)17(9-7-15)11-4-2-3-5-11/h6,8,11H,2-5,7,9H2,1H3. The molecule has 0 bridgehead atoms. The fourth-order valence-electron chi connectivity index (χ4n) is 2.49. The van der Waals surface area contributed by atoms with Crippen LogP contribution in [0.1, 0.15) is 31.2 Å². The van der Waals surface area contributed by atoms with Gasteiger partial charge in [-0.25, -0.2) is 4.98 Å². The lowest BCUT2D eigenvalue weighted by molar-refractivity contribution is 0.613. The van der Waals surface area contributed by atoms with Gasteiger partial charge in [-0.3, -0.25) is 0 Å². The molecule has 0 saturated heterocycles. The summed E-state index contributed by atoms with van der Waals surface area (Å²) in [6.07, 6.45) is 7.06. The lowest BCUT2D eigenvalue weighted by Crippen LogP contribution is -2.36. The fourth-order valence-corrected chi connectivity index (χ4v) is 3.14. The zero-order valence-corrected chi connectivity index (χ0v) is 12.5. The van der Waals surface area contributed by atoms with Crippen LogP contribution in [0.15, 0.2) is 16.7 Å². The van der Waals surface area contributed by atoms with Crippen LogP contribution in [0, 0.1) is 6.92 Å². The molecule has 1 aromatic heterocycles. The minimum absolute atomic E-state index is 0.611. The molecule has 0 amide bonds. The van der Waals surface area contributed by atoms with Crippen molar-refractivity contribution in [1.82, 2.24) is 4.98 Å². The van der Waals surface area contributed by atoms with Crippen molar-refractivity contribution in [2.75, 3.05) is 17.3 Å². The van der Waals surface area contributed by atoms with Crippen LogP contribution in [0.4, 0.5) is 5.82 Å². The summed E-state index contributed by atoms with van der Waals surface area (Å²) in [6.45, 7) is 2.98. The third-order valence-electron chi connectivity index (χ3n) is 3.43. The molecule has 0 spiro atoms. The van der Waals surface area contributed by atoms with E-state index < -0.39 is 0 Å². The Morgan fingerprint density at radius 1 is 1.47 bits per heavy atom. The smallest absolute Gasteiger partial charge is 0.143 e. The first-order chi connectivity index (χ1) is 8.24. The molecule has 0 aromatic carbocycles. The van der Waals surface area contributed by atoms with Gasteiger partial charge < -0.3 is 4.90 Å². The third-order valence-corrected chi connectivity index (χ3v) is 4.58. The van der Waals surface area contributed by atoms with Gasteiger partial charge in [0.15, 0.2) is 0 Å². The number of alkyl halides is 1. The average Bonchev–Trinajstić information content (AvgIpc) is 2.84. The van der Waals surface area contributed by atoms with Crippen LogP contribution >= 0.6 is 27.5 Å². The number of hydrogen-bond acceptors (Lipinski definition) is 2. The Morgan fingerprint density at radius 3 is 2.82 bits per heavy atom. The van der Waals surface area contributed by atoms with Crippen molar-refractivity contribution < 1.29 is 0 Å². The number of rotatable bonds is 4. The van der Waals surface area contributed by atoms with E-state index in [9.17, 15) is 0 Å². The van der Waals surface area contributed by atoms with Crippen molar-refractivity contribution in [3.63, 3.8) is 0 Å². The number of halogens is 2. The third kappa shape index (κ3) is 2.94. The minimum atomic E-state index is 0.611. The molecule has 1 aliphatic carbocycles. The highest BCUT2D eigenvalue weighted by atomic mass is 79.9. The Balaban J connectivity index is 2.27. The van der Waals surface area contributed by atoms with E-state index in [0.29, 0.717) is 11.9 Å². The molecule has 0 radical (unpaired) electrons. The second-order valence-corrected chi connectivity index (χ2v) is 5.76. The van der Waals surface area contributed by atoms with Crippen molar-refractivity contribution >= 4 is 33.3 Å². The first kappa shape index (κ1) is 13.2. The zero-order chi connectivity index (χ0) is 12.3. The first-order valence-electron chi connectivity index (χ1n) is 6.17. The topological polar surface area (TPSA) is 16.1 Å². The number of nitrogens with zero attached hydrogens (tertiary/aromatic N) is 2. The van der Waals surface area contributed by atoms with E-state index in [4.69, 9.17) is 11.6 Å². The van der Waals surface area contributed by atoms with Crippen LogP contribution in [0.3, 0.4) is 0 Å². The Bertz CT molecular complexity index is 378. The largest absolute Gasteiger partial charge is 0.352 e. The van der Waals surface area contributed by atoms with Gasteiger partial charge in [-0.15, -0.1) is 11.6 Å². The molecule has 1 saturated carbocycles. The van der Waals surface area contributed by atoms with Crippen molar-refractivity contribution in [2.45, 2.75) is 38.6 Å². The number of anilines is 1. The van der Waals surface area contributed by atoms with Gasteiger partial charge in [0.25, 0.3) is 0 Å². The van der Waals surface area contributed by atoms with Gasteiger partial charge in [-0.1, -0.05) is 12.8 Å². The Kier molecular flexibility index (Phi) is 4.69. The van der Waals surface area contributed by atoms with E-state index in [-0.39, 0.29) is 0 Å². The maximum atomic E-state index is 5.93. The predicted octanol–water partition coefficient (Wildman–Crippen LogP) is 4.14. The summed E-state index contributed by atoms with van der Waals surface area (Å²) >= 11 is 9.58. The van der Waals surface area contributed by atoms with E-state index in [1.807, 2.05) is 12.3 Å². The molecule has 0 atom stereocenters. The second kappa shape index (κ2) is 6.05. The van der Waals surface area contributed by atoms with Crippen LogP contribution < -0.4 is 4.90 Å². The molecular formula is C13H18BrClN2. The molecule has 1 fully saturated rings. The number of aryl methyl sites for hydroxylation is 1. The Morgan fingerprint density at radius 2 is 2.18 bits per heavy atom. The lowest BCUT2D eigenvalue weighted by atomic mass is 10.2. The summed E-state index contributed by atoms with van der Waals surface area (Å²) < 4.78 is 1.11. The summed E-state index contributed by atoms with van der Waals surface area (Å²) in [5, 5.41) is 0. The van der Waals surface area contributed by atoms with Gasteiger partial charge in [0, 0.05) is 24.7 Å².